The van der Waals surface area contributed by atoms with E-state index in [-0.39, 0.29) is 5.54 Å². The molecule has 0 bridgehead atoms. The third-order valence-electron chi connectivity index (χ3n) is 4.47. The molecule has 0 aromatic heterocycles. The minimum atomic E-state index is -0.184. The highest BCUT2D eigenvalue weighted by Crippen LogP contribution is 2.45. The van der Waals surface area contributed by atoms with Crippen molar-refractivity contribution in [2.24, 2.45) is 5.73 Å². The highest BCUT2D eigenvalue weighted by molar-refractivity contribution is 5.52. The van der Waals surface area contributed by atoms with Gasteiger partial charge >= 0.3 is 0 Å². The molecule has 2 nitrogen and oxygen atoms in total. The number of rotatable bonds is 4. The number of methoxy groups -OCH3 is 1. The Morgan fingerprint density at radius 1 is 1.26 bits per heavy atom. The zero-order valence-electron chi connectivity index (χ0n) is 12.8. The van der Waals surface area contributed by atoms with E-state index in [0.29, 0.717) is 5.92 Å². The van der Waals surface area contributed by atoms with Gasteiger partial charge in [-0.3, -0.25) is 0 Å². The van der Waals surface area contributed by atoms with Gasteiger partial charge in [-0.1, -0.05) is 45.7 Å². The van der Waals surface area contributed by atoms with Gasteiger partial charge in [0.25, 0.3) is 0 Å². The molecule has 1 aromatic carbocycles. The van der Waals surface area contributed by atoms with Crippen molar-refractivity contribution in [1.82, 2.24) is 0 Å². The van der Waals surface area contributed by atoms with Crippen molar-refractivity contribution in [3.8, 4) is 5.75 Å². The van der Waals surface area contributed by atoms with Crippen LogP contribution in [0.5, 0.6) is 5.75 Å². The fourth-order valence-corrected chi connectivity index (χ4v) is 3.40. The quantitative estimate of drug-likeness (QED) is 0.885. The van der Waals surface area contributed by atoms with Crippen LogP contribution in [-0.4, -0.2) is 7.11 Å². The summed E-state index contributed by atoms with van der Waals surface area (Å²) in [6, 6.07) is 4.46. The second kappa shape index (κ2) is 5.54. The van der Waals surface area contributed by atoms with Crippen molar-refractivity contribution in [2.45, 2.75) is 64.3 Å². The van der Waals surface area contributed by atoms with Gasteiger partial charge in [-0.15, -0.1) is 0 Å². The summed E-state index contributed by atoms with van der Waals surface area (Å²) in [6.07, 6.45) is 5.61. The van der Waals surface area contributed by atoms with Gasteiger partial charge in [0.15, 0.2) is 0 Å². The summed E-state index contributed by atoms with van der Waals surface area (Å²) in [5, 5.41) is 0. The third kappa shape index (κ3) is 2.51. The minimum Gasteiger partial charge on any atom is -0.496 e. The molecule has 1 aromatic rings. The van der Waals surface area contributed by atoms with Crippen molar-refractivity contribution in [3.05, 3.63) is 28.8 Å². The van der Waals surface area contributed by atoms with Crippen LogP contribution in [0.25, 0.3) is 0 Å². The summed E-state index contributed by atoms with van der Waals surface area (Å²) >= 11 is 0. The molecule has 0 unspecified atom stereocenters. The molecule has 106 valence electrons. The molecule has 2 N–H and O–H groups in total. The van der Waals surface area contributed by atoms with Gasteiger partial charge < -0.3 is 10.5 Å². The number of nitrogens with two attached hydrogens (primary N) is 1. The highest BCUT2D eigenvalue weighted by Gasteiger charge is 2.36. The molecular formula is C17H27NO. The maximum absolute atomic E-state index is 6.74. The predicted molar refractivity (Wildman–Crippen MR) is 80.8 cm³/mol. The maximum atomic E-state index is 6.74. The summed E-state index contributed by atoms with van der Waals surface area (Å²) in [5.41, 5.74) is 10.5. The fraction of sp³-hybridized carbons (Fsp3) is 0.647. The highest BCUT2D eigenvalue weighted by atomic mass is 16.5. The van der Waals surface area contributed by atoms with Crippen molar-refractivity contribution < 1.29 is 4.74 Å². The molecule has 0 heterocycles. The first-order valence-electron chi connectivity index (χ1n) is 7.52. The number of hydrogen-bond acceptors (Lipinski definition) is 2. The Hall–Kier alpha value is -1.02. The zero-order chi connectivity index (χ0) is 14.0. The van der Waals surface area contributed by atoms with Gasteiger partial charge in [-0.05, 0) is 36.3 Å². The first-order chi connectivity index (χ1) is 9.03. The Kier molecular flexibility index (Phi) is 4.19. The van der Waals surface area contributed by atoms with Crippen LogP contribution in [0.4, 0.5) is 0 Å². The topological polar surface area (TPSA) is 35.2 Å². The molecule has 19 heavy (non-hydrogen) atoms. The van der Waals surface area contributed by atoms with Crippen LogP contribution in [0, 0.1) is 0 Å². The van der Waals surface area contributed by atoms with Crippen LogP contribution < -0.4 is 10.5 Å². The Labute approximate surface area is 117 Å². The fourth-order valence-electron chi connectivity index (χ4n) is 3.40. The molecule has 1 saturated carbocycles. The van der Waals surface area contributed by atoms with Crippen LogP contribution in [0.3, 0.4) is 0 Å². The first-order valence-corrected chi connectivity index (χ1v) is 7.52. The smallest absolute Gasteiger partial charge is 0.127 e. The van der Waals surface area contributed by atoms with E-state index < -0.39 is 0 Å². The maximum Gasteiger partial charge on any atom is 0.127 e. The van der Waals surface area contributed by atoms with Gasteiger partial charge in [0, 0.05) is 11.1 Å². The Balaban J connectivity index is 2.65. The molecule has 0 amide bonds. The molecule has 0 atom stereocenters. The Morgan fingerprint density at radius 2 is 1.89 bits per heavy atom. The van der Waals surface area contributed by atoms with E-state index in [0.717, 1.165) is 25.0 Å². The van der Waals surface area contributed by atoms with Crippen LogP contribution in [0.2, 0.25) is 0 Å². The second-order valence-corrected chi connectivity index (χ2v) is 6.09. The predicted octanol–water partition coefficient (Wildman–Crippen LogP) is 4.11. The number of benzene rings is 1. The normalized spacial score (nSPS) is 18.0. The summed E-state index contributed by atoms with van der Waals surface area (Å²) in [5.74, 6) is 1.52. The summed E-state index contributed by atoms with van der Waals surface area (Å²) in [7, 11) is 1.78. The molecule has 0 saturated heterocycles. The molecule has 1 aliphatic carbocycles. The minimum absolute atomic E-state index is 0.184. The van der Waals surface area contributed by atoms with Crippen molar-refractivity contribution in [3.63, 3.8) is 0 Å². The summed E-state index contributed by atoms with van der Waals surface area (Å²) in [4.78, 5) is 0. The van der Waals surface area contributed by atoms with E-state index in [2.05, 4.69) is 32.9 Å². The largest absolute Gasteiger partial charge is 0.496 e. The SMILES string of the molecule is CCc1ccc(C(C)C)c(C2(N)CCCC2)c1OC. The van der Waals surface area contributed by atoms with Gasteiger partial charge in [0.05, 0.1) is 7.11 Å². The van der Waals surface area contributed by atoms with E-state index in [9.17, 15) is 0 Å². The van der Waals surface area contributed by atoms with E-state index in [4.69, 9.17) is 10.5 Å². The van der Waals surface area contributed by atoms with E-state index in [1.807, 2.05) is 0 Å². The molecule has 0 radical (unpaired) electrons. The summed E-state index contributed by atoms with van der Waals surface area (Å²) < 4.78 is 5.76. The van der Waals surface area contributed by atoms with Crippen molar-refractivity contribution in [2.75, 3.05) is 7.11 Å². The molecule has 0 spiro atoms. The monoisotopic (exact) mass is 261 g/mol. The average Bonchev–Trinajstić information content (AvgIpc) is 2.84. The van der Waals surface area contributed by atoms with Gasteiger partial charge in [0.2, 0.25) is 0 Å². The summed E-state index contributed by atoms with van der Waals surface area (Å²) in [6.45, 7) is 6.65. The van der Waals surface area contributed by atoms with E-state index >= 15 is 0 Å². The zero-order valence-corrected chi connectivity index (χ0v) is 12.8. The van der Waals surface area contributed by atoms with Crippen LogP contribution >= 0.6 is 0 Å². The lowest BCUT2D eigenvalue weighted by molar-refractivity contribution is 0.372. The standard InChI is InChI=1S/C17H27NO/c1-5-13-8-9-14(12(2)3)15(16(13)19-4)17(18)10-6-7-11-17/h8-9,12H,5-7,10-11,18H2,1-4H3. The Morgan fingerprint density at radius 3 is 2.37 bits per heavy atom. The van der Waals surface area contributed by atoms with Gasteiger partial charge in [-0.2, -0.15) is 0 Å². The molecule has 2 heteroatoms. The van der Waals surface area contributed by atoms with Crippen molar-refractivity contribution in [1.29, 1.82) is 0 Å². The molecule has 1 aliphatic rings. The van der Waals surface area contributed by atoms with Crippen molar-refractivity contribution >= 4 is 0 Å². The molecule has 1 fully saturated rings. The number of ether oxygens (including phenoxy) is 1. The lowest BCUT2D eigenvalue weighted by Gasteiger charge is -2.31. The van der Waals surface area contributed by atoms with Crippen LogP contribution in [0.15, 0.2) is 12.1 Å². The number of aryl methyl sites for hydroxylation is 1. The Bertz CT molecular complexity index is 445. The van der Waals surface area contributed by atoms with Crippen LogP contribution in [-0.2, 0) is 12.0 Å². The van der Waals surface area contributed by atoms with E-state index in [1.54, 1.807) is 7.11 Å². The van der Waals surface area contributed by atoms with Crippen LogP contribution in [0.1, 0.15) is 69.1 Å². The van der Waals surface area contributed by atoms with Gasteiger partial charge in [0.1, 0.15) is 5.75 Å². The second-order valence-electron chi connectivity index (χ2n) is 6.09. The average molecular weight is 261 g/mol. The first kappa shape index (κ1) is 14.4. The lowest BCUT2D eigenvalue weighted by Crippen LogP contribution is -2.35. The van der Waals surface area contributed by atoms with E-state index in [1.165, 1.54) is 29.5 Å². The molecule has 0 aliphatic heterocycles. The van der Waals surface area contributed by atoms with Gasteiger partial charge in [-0.25, -0.2) is 0 Å². The molecule has 2 rings (SSSR count). The molecular weight excluding hydrogens is 234 g/mol. The lowest BCUT2D eigenvalue weighted by atomic mass is 9.80. The number of hydrogen-bond donors (Lipinski definition) is 1. The third-order valence-corrected chi connectivity index (χ3v) is 4.47.